The van der Waals surface area contributed by atoms with Gasteiger partial charge in [-0.15, -0.1) is 0 Å². The van der Waals surface area contributed by atoms with E-state index in [1.54, 1.807) is 31.4 Å². The monoisotopic (exact) mass is 437 g/mol. The van der Waals surface area contributed by atoms with Crippen LogP contribution in [0.2, 0.25) is 0 Å². The zero-order valence-electron chi connectivity index (χ0n) is 17.4. The number of benzene rings is 2. The number of nitrogens with one attached hydrogen (secondary N) is 1. The van der Waals surface area contributed by atoms with Gasteiger partial charge < -0.3 is 14.4 Å². The molecule has 1 N–H and O–H groups in total. The molecule has 8 heteroatoms. The largest absolute Gasteiger partial charge is 0.496 e. The summed E-state index contributed by atoms with van der Waals surface area (Å²) in [5.74, 6) is -0.00789. The van der Waals surface area contributed by atoms with Gasteiger partial charge in [-0.25, -0.2) is 4.90 Å². The van der Waals surface area contributed by atoms with Gasteiger partial charge in [0.2, 0.25) is 0 Å². The SMILES string of the molecule is COc1cc(N2CCCC2)ccc1/C=C1\C(=O)NC(=S)N(c2ccccc2OC)C1=O. The van der Waals surface area contributed by atoms with Gasteiger partial charge in [-0.2, -0.15) is 0 Å². The number of para-hydroxylation sites is 2. The minimum absolute atomic E-state index is 0.00740. The van der Waals surface area contributed by atoms with Gasteiger partial charge in [0.05, 0.1) is 19.9 Å². The highest BCUT2D eigenvalue weighted by Crippen LogP contribution is 2.33. The fraction of sp³-hybridized carbons (Fsp3) is 0.261. The summed E-state index contributed by atoms with van der Waals surface area (Å²) >= 11 is 5.28. The van der Waals surface area contributed by atoms with E-state index < -0.39 is 11.8 Å². The number of hydrogen-bond acceptors (Lipinski definition) is 6. The summed E-state index contributed by atoms with van der Waals surface area (Å²) in [6.07, 6.45) is 3.87. The molecule has 31 heavy (non-hydrogen) atoms. The van der Waals surface area contributed by atoms with Gasteiger partial charge in [0.15, 0.2) is 5.11 Å². The van der Waals surface area contributed by atoms with Gasteiger partial charge in [0.1, 0.15) is 17.1 Å². The third-order valence-corrected chi connectivity index (χ3v) is 5.70. The highest BCUT2D eigenvalue weighted by molar-refractivity contribution is 7.80. The molecule has 2 aliphatic rings. The fourth-order valence-corrected chi connectivity index (χ4v) is 4.11. The quantitative estimate of drug-likeness (QED) is 0.440. The van der Waals surface area contributed by atoms with Crippen molar-refractivity contribution in [2.75, 3.05) is 37.1 Å². The molecule has 0 saturated carbocycles. The first kappa shape index (κ1) is 20.9. The summed E-state index contributed by atoms with van der Waals surface area (Å²) in [7, 11) is 3.09. The lowest BCUT2D eigenvalue weighted by molar-refractivity contribution is -0.122. The van der Waals surface area contributed by atoms with Crippen molar-refractivity contribution in [3.8, 4) is 11.5 Å². The number of anilines is 2. The van der Waals surface area contributed by atoms with Crippen molar-refractivity contribution in [1.29, 1.82) is 0 Å². The number of thiocarbonyl (C=S) groups is 1. The van der Waals surface area contributed by atoms with Gasteiger partial charge >= 0.3 is 0 Å². The first-order valence-corrected chi connectivity index (χ1v) is 10.4. The smallest absolute Gasteiger partial charge is 0.270 e. The molecular formula is C23H23N3O4S. The summed E-state index contributed by atoms with van der Waals surface area (Å²) in [6, 6.07) is 12.8. The Balaban J connectivity index is 1.72. The van der Waals surface area contributed by atoms with Crippen molar-refractivity contribution < 1.29 is 19.1 Å². The van der Waals surface area contributed by atoms with E-state index in [4.69, 9.17) is 21.7 Å². The second kappa shape index (κ2) is 8.77. The molecule has 0 aromatic heterocycles. The first-order valence-electron chi connectivity index (χ1n) is 10.0. The van der Waals surface area contributed by atoms with Crippen LogP contribution in [0.5, 0.6) is 11.5 Å². The maximum atomic E-state index is 13.3. The third kappa shape index (κ3) is 3.98. The molecule has 0 unspecified atom stereocenters. The highest BCUT2D eigenvalue weighted by Gasteiger charge is 2.36. The van der Waals surface area contributed by atoms with Crippen LogP contribution in [0.4, 0.5) is 11.4 Å². The predicted octanol–water partition coefficient (Wildman–Crippen LogP) is 3.14. The molecule has 0 atom stereocenters. The van der Waals surface area contributed by atoms with Gasteiger partial charge in [0, 0.05) is 30.4 Å². The molecule has 2 aliphatic heterocycles. The fourth-order valence-electron chi connectivity index (χ4n) is 3.84. The van der Waals surface area contributed by atoms with Gasteiger partial charge in [-0.1, -0.05) is 12.1 Å². The Morgan fingerprint density at radius 2 is 1.71 bits per heavy atom. The Morgan fingerprint density at radius 1 is 1.00 bits per heavy atom. The third-order valence-electron chi connectivity index (χ3n) is 5.42. The lowest BCUT2D eigenvalue weighted by Crippen LogP contribution is -2.54. The maximum absolute atomic E-state index is 13.3. The Kier molecular flexibility index (Phi) is 5.90. The van der Waals surface area contributed by atoms with Crippen LogP contribution in [-0.2, 0) is 9.59 Å². The number of methoxy groups -OCH3 is 2. The predicted molar refractivity (Wildman–Crippen MR) is 124 cm³/mol. The van der Waals surface area contributed by atoms with Crippen LogP contribution in [0.15, 0.2) is 48.0 Å². The van der Waals surface area contributed by atoms with E-state index in [1.165, 1.54) is 30.9 Å². The number of hydrogen-bond donors (Lipinski definition) is 1. The molecule has 0 spiro atoms. The van der Waals surface area contributed by atoms with Crippen molar-refractivity contribution in [2.45, 2.75) is 12.8 Å². The summed E-state index contributed by atoms with van der Waals surface area (Å²) in [5, 5.41) is 2.61. The minimum atomic E-state index is -0.549. The topological polar surface area (TPSA) is 71.1 Å². The zero-order valence-corrected chi connectivity index (χ0v) is 18.2. The molecule has 2 heterocycles. The van der Waals surface area contributed by atoms with E-state index in [1.807, 2.05) is 18.2 Å². The Morgan fingerprint density at radius 3 is 2.42 bits per heavy atom. The molecule has 4 rings (SSSR count). The number of carbonyl (C=O) groups is 2. The highest BCUT2D eigenvalue weighted by atomic mass is 32.1. The average Bonchev–Trinajstić information content (AvgIpc) is 3.32. The molecule has 2 amide bonds. The number of amides is 2. The maximum Gasteiger partial charge on any atom is 0.270 e. The van der Waals surface area contributed by atoms with E-state index >= 15 is 0 Å². The molecule has 160 valence electrons. The van der Waals surface area contributed by atoms with Crippen molar-refractivity contribution in [2.24, 2.45) is 0 Å². The lowest BCUT2D eigenvalue weighted by Gasteiger charge is -2.30. The zero-order chi connectivity index (χ0) is 22.0. The Hall–Kier alpha value is -3.39. The molecule has 2 fully saturated rings. The minimum Gasteiger partial charge on any atom is -0.496 e. The molecule has 2 aromatic rings. The molecule has 0 radical (unpaired) electrons. The van der Waals surface area contributed by atoms with Gasteiger partial charge in [0.25, 0.3) is 11.8 Å². The second-order valence-corrected chi connectivity index (χ2v) is 7.64. The van der Waals surface area contributed by atoms with Crippen molar-refractivity contribution in [3.63, 3.8) is 0 Å². The van der Waals surface area contributed by atoms with Crippen LogP contribution in [0.1, 0.15) is 18.4 Å². The van der Waals surface area contributed by atoms with Crippen LogP contribution in [0.3, 0.4) is 0 Å². The molecule has 7 nitrogen and oxygen atoms in total. The summed E-state index contributed by atoms with van der Waals surface area (Å²) < 4.78 is 10.9. The molecular weight excluding hydrogens is 414 g/mol. The summed E-state index contributed by atoms with van der Waals surface area (Å²) in [6.45, 7) is 2.02. The summed E-state index contributed by atoms with van der Waals surface area (Å²) in [4.78, 5) is 29.5. The summed E-state index contributed by atoms with van der Waals surface area (Å²) in [5.41, 5.74) is 2.12. The van der Waals surface area contributed by atoms with E-state index in [0.717, 1.165) is 18.8 Å². The number of rotatable bonds is 5. The van der Waals surface area contributed by atoms with Gasteiger partial charge in [-0.3, -0.25) is 14.9 Å². The van der Waals surface area contributed by atoms with E-state index in [2.05, 4.69) is 10.2 Å². The normalized spacial score (nSPS) is 17.9. The number of nitrogens with zero attached hydrogens (tertiary/aromatic N) is 2. The van der Waals surface area contributed by atoms with E-state index in [9.17, 15) is 9.59 Å². The van der Waals surface area contributed by atoms with Crippen LogP contribution in [0, 0.1) is 0 Å². The number of carbonyl (C=O) groups excluding carboxylic acids is 2. The average molecular weight is 438 g/mol. The lowest BCUT2D eigenvalue weighted by atomic mass is 10.1. The Bertz CT molecular complexity index is 1080. The van der Waals surface area contributed by atoms with E-state index in [0.29, 0.717) is 22.7 Å². The van der Waals surface area contributed by atoms with Gasteiger partial charge in [-0.05, 0) is 55.4 Å². The molecule has 0 aliphatic carbocycles. The first-order chi connectivity index (χ1) is 15.0. The van der Waals surface area contributed by atoms with Crippen LogP contribution in [-0.4, -0.2) is 44.2 Å². The van der Waals surface area contributed by atoms with Crippen LogP contribution in [0.25, 0.3) is 6.08 Å². The van der Waals surface area contributed by atoms with Crippen LogP contribution < -0.4 is 24.6 Å². The molecule has 0 bridgehead atoms. The number of ether oxygens (including phenoxy) is 2. The van der Waals surface area contributed by atoms with Crippen molar-refractivity contribution in [1.82, 2.24) is 5.32 Å². The van der Waals surface area contributed by atoms with Crippen molar-refractivity contribution >= 4 is 46.6 Å². The van der Waals surface area contributed by atoms with E-state index in [-0.39, 0.29) is 10.7 Å². The molecule has 2 saturated heterocycles. The second-order valence-electron chi connectivity index (χ2n) is 7.25. The Labute approximate surface area is 186 Å². The van der Waals surface area contributed by atoms with Crippen LogP contribution >= 0.6 is 12.2 Å². The molecule has 2 aromatic carbocycles. The van der Waals surface area contributed by atoms with Crippen molar-refractivity contribution in [3.05, 3.63) is 53.6 Å². The standard InChI is InChI=1S/C23H23N3O4S/c1-29-19-8-4-3-7-18(19)26-22(28)17(21(27)24-23(26)31)13-15-9-10-16(14-20(15)30-2)25-11-5-6-12-25/h3-4,7-10,13-14H,5-6,11-12H2,1-2H3,(H,24,27,31)/b17-13+.